The number of nitrogens with zero attached hydrogens (tertiary/aromatic N) is 2. The lowest BCUT2D eigenvalue weighted by Crippen LogP contribution is -2.44. The topological polar surface area (TPSA) is 50.1 Å². The summed E-state index contributed by atoms with van der Waals surface area (Å²) in [4.78, 5) is 4.34. The van der Waals surface area contributed by atoms with Gasteiger partial charge in [-0.25, -0.2) is 4.98 Å². The monoisotopic (exact) mass is 225 g/mol. The third-order valence-corrected chi connectivity index (χ3v) is 3.13. The first-order valence-corrected chi connectivity index (χ1v) is 5.95. The summed E-state index contributed by atoms with van der Waals surface area (Å²) in [6.07, 6.45) is 6.88. The molecule has 4 nitrogen and oxygen atoms in total. The molecule has 0 saturated carbocycles. The highest BCUT2D eigenvalue weighted by molar-refractivity contribution is 4.93. The standard InChI is InChI=1S/C12H23N3O/c1-4-5-11-14-7-9-15(11)8-6-12(2,10-16)13-3/h7,9,13,16H,4-6,8,10H2,1-3H3. The molecule has 0 radical (unpaired) electrons. The van der Waals surface area contributed by atoms with Crippen molar-refractivity contribution in [2.45, 2.75) is 45.2 Å². The first kappa shape index (κ1) is 13.2. The maximum absolute atomic E-state index is 9.30. The molecule has 0 aliphatic rings. The average molecular weight is 225 g/mol. The Morgan fingerprint density at radius 1 is 1.56 bits per heavy atom. The van der Waals surface area contributed by atoms with Gasteiger partial charge in [0, 0.05) is 30.9 Å². The summed E-state index contributed by atoms with van der Waals surface area (Å²) in [7, 11) is 1.89. The molecule has 1 aromatic heterocycles. The van der Waals surface area contributed by atoms with Crippen LogP contribution in [0.15, 0.2) is 12.4 Å². The fraction of sp³-hybridized carbons (Fsp3) is 0.750. The number of aliphatic hydroxyl groups is 1. The normalized spacial score (nSPS) is 15.0. The first-order chi connectivity index (χ1) is 7.65. The number of hydrogen-bond donors (Lipinski definition) is 2. The van der Waals surface area contributed by atoms with Crippen LogP contribution in [0.25, 0.3) is 0 Å². The maximum Gasteiger partial charge on any atom is 0.108 e. The van der Waals surface area contributed by atoms with Crippen molar-refractivity contribution in [2.75, 3.05) is 13.7 Å². The number of aliphatic hydroxyl groups excluding tert-OH is 1. The van der Waals surface area contributed by atoms with Crippen molar-refractivity contribution in [1.29, 1.82) is 0 Å². The molecule has 1 atom stereocenters. The summed E-state index contributed by atoms with van der Waals surface area (Å²) in [5.74, 6) is 1.14. The predicted molar refractivity (Wildman–Crippen MR) is 65.4 cm³/mol. The van der Waals surface area contributed by atoms with Crippen LogP contribution < -0.4 is 5.32 Å². The van der Waals surface area contributed by atoms with Crippen molar-refractivity contribution in [1.82, 2.24) is 14.9 Å². The third kappa shape index (κ3) is 3.32. The minimum atomic E-state index is -0.201. The van der Waals surface area contributed by atoms with Gasteiger partial charge in [0.1, 0.15) is 5.82 Å². The van der Waals surface area contributed by atoms with Gasteiger partial charge in [0.25, 0.3) is 0 Å². The number of rotatable bonds is 7. The van der Waals surface area contributed by atoms with Crippen LogP contribution in [0, 0.1) is 0 Å². The molecule has 2 N–H and O–H groups in total. The molecule has 0 amide bonds. The molecule has 4 heteroatoms. The minimum absolute atomic E-state index is 0.154. The Balaban J connectivity index is 2.56. The summed E-state index contributed by atoms with van der Waals surface area (Å²) in [5.41, 5.74) is -0.201. The Morgan fingerprint density at radius 3 is 2.88 bits per heavy atom. The molecule has 0 bridgehead atoms. The second-order valence-electron chi connectivity index (χ2n) is 4.51. The number of aryl methyl sites for hydroxylation is 2. The van der Waals surface area contributed by atoms with E-state index in [1.54, 1.807) is 0 Å². The van der Waals surface area contributed by atoms with Gasteiger partial charge < -0.3 is 15.0 Å². The SMILES string of the molecule is CCCc1nccn1CCC(C)(CO)NC. The zero-order chi connectivity index (χ0) is 12.0. The van der Waals surface area contributed by atoms with Gasteiger partial charge in [0.2, 0.25) is 0 Å². The Hall–Kier alpha value is -0.870. The summed E-state index contributed by atoms with van der Waals surface area (Å²) in [5, 5.41) is 12.5. The minimum Gasteiger partial charge on any atom is -0.394 e. The van der Waals surface area contributed by atoms with E-state index in [1.807, 2.05) is 26.4 Å². The van der Waals surface area contributed by atoms with Crippen LogP contribution in [-0.4, -0.2) is 33.9 Å². The van der Waals surface area contributed by atoms with Gasteiger partial charge in [-0.2, -0.15) is 0 Å². The lowest BCUT2D eigenvalue weighted by molar-refractivity contribution is 0.168. The van der Waals surface area contributed by atoms with E-state index in [1.165, 1.54) is 0 Å². The van der Waals surface area contributed by atoms with Crippen LogP contribution in [0.3, 0.4) is 0 Å². The van der Waals surface area contributed by atoms with E-state index in [0.29, 0.717) is 0 Å². The zero-order valence-corrected chi connectivity index (χ0v) is 10.5. The van der Waals surface area contributed by atoms with Crippen molar-refractivity contribution in [3.05, 3.63) is 18.2 Å². The number of imidazole rings is 1. The second-order valence-corrected chi connectivity index (χ2v) is 4.51. The van der Waals surface area contributed by atoms with E-state index < -0.39 is 0 Å². The molecule has 1 rings (SSSR count). The fourth-order valence-corrected chi connectivity index (χ4v) is 1.65. The summed E-state index contributed by atoms with van der Waals surface area (Å²) >= 11 is 0. The summed E-state index contributed by atoms with van der Waals surface area (Å²) < 4.78 is 2.18. The van der Waals surface area contributed by atoms with Crippen LogP contribution >= 0.6 is 0 Å². The molecule has 0 aromatic carbocycles. The van der Waals surface area contributed by atoms with Crippen molar-refractivity contribution in [3.8, 4) is 0 Å². The van der Waals surface area contributed by atoms with Gasteiger partial charge >= 0.3 is 0 Å². The summed E-state index contributed by atoms with van der Waals surface area (Å²) in [6.45, 7) is 5.24. The lowest BCUT2D eigenvalue weighted by Gasteiger charge is -2.27. The van der Waals surface area contributed by atoms with Gasteiger partial charge in [-0.3, -0.25) is 0 Å². The highest BCUT2D eigenvalue weighted by atomic mass is 16.3. The van der Waals surface area contributed by atoms with Crippen molar-refractivity contribution in [2.24, 2.45) is 0 Å². The molecule has 92 valence electrons. The fourth-order valence-electron chi connectivity index (χ4n) is 1.65. The number of aromatic nitrogens is 2. The second kappa shape index (κ2) is 6.01. The zero-order valence-electron chi connectivity index (χ0n) is 10.5. The molecule has 16 heavy (non-hydrogen) atoms. The van der Waals surface area contributed by atoms with Gasteiger partial charge in [0.05, 0.1) is 6.61 Å². The first-order valence-electron chi connectivity index (χ1n) is 5.95. The van der Waals surface area contributed by atoms with Crippen LogP contribution in [0.4, 0.5) is 0 Å². The molecule has 1 heterocycles. The maximum atomic E-state index is 9.30. The van der Waals surface area contributed by atoms with E-state index in [2.05, 4.69) is 21.8 Å². The molecule has 0 aliphatic heterocycles. The Kier molecular flexibility index (Phi) is 4.96. The highest BCUT2D eigenvalue weighted by Gasteiger charge is 2.20. The van der Waals surface area contributed by atoms with Crippen LogP contribution in [0.1, 0.15) is 32.5 Å². The van der Waals surface area contributed by atoms with Crippen molar-refractivity contribution in [3.63, 3.8) is 0 Å². The molecule has 1 aromatic rings. The predicted octanol–water partition coefficient (Wildman–Crippen LogP) is 1.20. The van der Waals surface area contributed by atoms with Crippen LogP contribution in [-0.2, 0) is 13.0 Å². The van der Waals surface area contributed by atoms with E-state index in [9.17, 15) is 5.11 Å². The molecule has 0 spiro atoms. The molecule has 1 unspecified atom stereocenters. The molecule has 0 fully saturated rings. The quantitative estimate of drug-likeness (QED) is 0.733. The van der Waals surface area contributed by atoms with Crippen molar-refractivity contribution < 1.29 is 5.11 Å². The van der Waals surface area contributed by atoms with Gasteiger partial charge in [-0.05, 0) is 26.8 Å². The van der Waals surface area contributed by atoms with E-state index in [0.717, 1.165) is 31.6 Å². The molecule has 0 saturated heterocycles. The molecular formula is C12H23N3O. The van der Waals surface area contributed by atoms with Gasteiger partial charge in [-0.1, -0.05) is 6.92 Å². The van der Waals surface area contributed by atoms with Gasteiger partial charge in [0.15, 0.2) is 0 Å². The molecule has 0 aliphatic carbocycles. The van der Waals surface area contributed by atoms with Crippen molar-refractivity contribution >= 4 is 0 Å². The number of likely N-dealkylation sites (N-methyl/N-ethyl adjacent to an activating group) is 1. The van der Waals surface area contributed by atoms with E-state index in [-0.39, 0.29) is 12.1 Å². The highest BCUT2D eigenvalue weighted by Crippen LogP contribution is 2.11. The van der Waals surface area contributed by atoms with Crippen LogP contribution in [0.5, 0.6) is 0 Å². The lowest BCUT2D eigenvalue weighted by atomic mass is 9.99. The van der Waals surface area contributed by atoms with Crippen LogP contribution in [0.2, 0.25) is 0 Å². The Bertz CT molecular complexity index is 305. The van der Waals surface area contributed by atoms with E-state index in [4.69, 9.17) is 0 Å². The smallest absolute Gasteiger partial charge is 0.108 e. The largest absolute Gasteiger partial charge is 0.394 e. The van der Waals surface area contributed by atoms with E-state index >= 15 is 0 Å². The molecular weight excluding hydrogens is 202 g/mol. The third-order valence-electron chi connectivity index (χ3n) is 3.13. The average Bonchev–Trinajstić information content (AvgIpc) is 2.74. The summed E-state index contributed by atoms with van der Waals surface area (Å²) in [6, 6.07) is 0. The Labute approximate surface area is 97.7 Å². The number of nitrogens with one attached hydrogen (secondary N) is 1. The van der Waals surface area contributed by atoms with Gasteiger partial charge in [-0.15, -0.1) is 0 Å². The Morgan fingerprint density at radius 2 is 2.31 bits per heavy atom. The number of hydrogen-bond acceptors (Lipinski definition) is 3.